The van der Waals surface area contributed by atoms with Crippen molar-refractivity contribution >= 4 is 117 Å². The molecule has 126 heavy (non-hydrogen) atoms. The van der Waals surface area contributed by atoms with Crippen LogP contribution in [0, 0.1) is 3.57 Å². The Balaban J connectivity index is 0.931. The van der Waals surface area contributed by atoms with Crippen LogP contribution in [0.3, 0.4) is 0 Å². The quantitative estimate of drug-likeness (QED) is 0.0151. The van der Waals surface area contributed by atoms with E-state index in [1.54, 1.807) is 53.3 Å². The second kappa shape index (κ2) is 63.5. The van der Waals surface area contributed by atoms with E-state index in [0.717, 1.165) is 9.13 Å². The van der Waals surface area contributed by atoms with E-state index in [-0.39, 0.29) is 153 Å². The summed E-state index contributed by atoms with van der Waals surface area (Å²) >= 11 is 7.75. The first kappa shape index (κ1) is 106. The van der Waals surface area contributed by atoms with Crippen molar-refractivity contribution in [3.05, 3.63) is 117 Å². The first-order chi connectivity index (χ1) is 60.8. The van der Waals surface area contributed by atoms with E-state index in [0.29, 0.717) is 158 Å². The summed E-state index contributed by atoms with van der Waals surface area (Å²) in [5.41, 5.74) is 3.43. The van der Waals surface area contributed by atoms with Gasteiger partial charge in [0.2, 0.25) is 17.7 Å². The number of benzene rings is 2. The van der Waals surface area contributed by atoms with Crippen molar-refractivity contribution in [3.63, 3.8) is 0 Å². The van der Waals surface area contributed by atoms with Gasteiger partial charge in [-0.15, -0.1) is 5.10 Å². The van der Waals surface area contributed by atoms with E-state index in [1.165, 1.54) is 12.1 Å². The number of halogens is 1. The summed E-state index contributed by atoms with van der Waals surface area (Å²) in [5.74, 6) is -9.20. The Bertz CT molecular complexity index is 4140. The molecule has 0 aliphatic heterocycles. The Morgan fingerprint density at radius 1 is 0.452 bits per heavy atom. The lowest BCUT2D eigenvalue weighted by atomic mass is 10.1. The maximum atomic E-state index is 13.9. The van der Waals surface area contributed by atoms with Crippen LogP contribution in [-0.2, 0) is 97.5 Å². The number of aliphatic hydroxyl groups excluding tert-OH is 2. The molecule has 0 bridgehead atoms. The molecule has 0 aliphatic carbocycles. The predicted octanol–water partition coefficient (Wildman–Crippen LogP) is 2.65. The van der Waals surface area contributed by atoms with Gasteiger partial charge in [-0.25, -0.2) is 48.2 Å². The summed E-state index contributed by atoms with van der Waals surface area (Å²) in [6.45, 7) is 6.82. The minimum atomic E-state index is -1.53. The lowest BCUT2D eigenvalue weighted by molar-refractivity contribution is -0.142. The van der Waals surface area contributed by atoms with E-state index in [9.17, 15) is 88.5 Å². The topological polar surface area (TPSA) is 595 Å². The number of anilines is 2. The van der Waals surface area contributed by atoms with E-state index >= 15 is 0 Å². The van der Waals surface area contributed by atoms with Gasteiger partial charge in [0, 0.05) is 92.3 Å². The lowest BCUT2D eigenvalue weighted by Gasteiger charge is -2.22. The molecule has 5 rings (SSSR count). The molecule has 0 unspecified atom stereocenters. The SMILES string of the molecule is O=C(O)CC[C@H](NC(=O)N[C@@H](CCCCNC(=O)Nc1cccc(-c2cn(CCOCCOCCOCCOCCOCCOCCC(=O)N[C@@H](CCCCNC(=S)Nc3cc(CN(CCO)CCOCCOCCN(CCO)Cc4cccc(C(=O)O)n4)nc(C(=O)O)c3)C(=O)N[C@@H](CCCCNC(=O)Cc3ccc(I)cc3)C(=O)O)nn2)c1)C(=O)O)C(=O)O. The normalized spacial score (nSPS) is 12.2. The molecule has 0 spiro atoms. The van der Waals surface area contributed by atoms with E-state index < -0.39 is 96.7 Å². The fraction of sp³-hybridized carbons (Fsp3) is 0.556. The molecule has 4 atom stereocenters. The highest BCUT2D eigenvalue weighted by Gasteiger charge is 2.28. The lowest BCUT2D eigenvalue weighted by Crippen LogP contribution is -2.51. The molecule has 5 aromatic rings. The van der Waals surface area contributed by atoms with Gasteiger partial charge in [-0.3, -0.25) is 29.0 Å². The van der Waals surface area contributed by atoms with Gasteiger partial charge in [0.1, 0.15) is 35.6 Å². The number of rotatable bonds is 71. The number of nitrogens with one attached hydrogen (secondary N) is 9. The van der Waals surface area contributed by atoms with Gasteiger partial charge in [-0.2, -0.15) is 0 Å². The number of amides is 7. The van der Waals surface area contributed by atoms with Gasteiger partial charge in [-0.05, 0) is 153 Å². The number of aliphatic carboxylic acids is 4. The van der Waals surface area contributed by atoms with Crippen LogP contribution in [0.1, 0.15) is 115 Å². The molecular weight excluding hydrogens is 1790 g/mol. The molecule has 0 fully saturated rings. The second-order valence-corrected chi connectivity index (χ2v) is 29.9. The summed E-state index contributed by atoms with van der Waals surface area (Å²) < 4.78 is 47.9. The molecule has 45 heteroatoms. The number of aromatic carboxylic acids is 2. The third-order valence-electron chi connectivity index (χ3n) is 18.3. The number of carboxylic acid groups (broad SMARTS) is 6. The molecule has 3 aromatic heterocycles. The molecular formula is C81H117IN16O27S. The number of hydrogen-bond acceptors (Lipinski definition) is 28. The van der Waals surface area contributed by atoms with Crippen molar-refractivity contribution in [1.29, 1.82) is 0 Å². The number of carbonyl (C=O) groups excluding carboxylic acids is 5. The van der Waals surface area contributed by atoms with Gasteiger partial charge in [0.05, 0.1) is 149 Å². The maximum absolute atomic E-state index is 13.9. The predicted molar refractivity (Wildman–Crippen MR) is 465 cm³/mol. The van der Waals surface area contributed by atoms with Crippen molar-refractivity contribution < 1.29 is 131 Å². The number of aliphatic hydroxyl groups is 2. The van der Waals surface area contributed by atoms with Gasteiger partial charge >= 0.3 is 47.9 Å². The van der Waals surface area contributed by atoms with Gasteiger partial charge in [0.15, 0.2) is 10.8 Å². The molecule has 696 valence electrons. The largest absolute Gasteiger partial charge is 0.481 e. The fourth-order valence-electron chi connectivity index (χ4n) is 11.8. The van der Waals surface area contributed by atoms with Gasteiger partial charge in [0.25, 0.3) is 0 Å². The number of thiocarbonyl (C=S) groups is 1. The molecule has 0 saturated carbocycles. The molecule has 17 N–H and O–H groups in total. The summed E-state index contributed by atoms with van der Waals surface area (Å²) in [6, 6.07) is 15.2. The zero-order valence-electron chi connectivity index (χ0n) is 70.1. The third-order valence-corrected chi connectivity index (χ3v) is 19.2. The number of urea groups is 2. The molecule has 0 saturated heterocycles. The van der Waals surface area contributed by atoms with Gasteiger partial charge < -0.3 is 127 Å². The van der Waals surface area contributed by atoms with Crippen molar-refractivity contribution in [1.82, 2.24) is 72.0 Å². The van der Waals surface area contributed by atoms with E-state index in [2.05, 4.69) is 90.7 Å². The Kier molecular flexibility index (Phi) is 53.5. The molecule has 2 aromatic carbocycles. The van der Waals surface area contributed by atoms with Crippen molar-refractivity contribution in [2.24, 2.45) is 0 Å². The molecule has 43 nitrogen and oxygen atoms in total. The Hall–Kier alpha value is -10.4. The number of nitrogens with zero attached hydrogens (tertiary/aromatic N) is 7. The summed E-state index contributed by atoms with van der Waals surface area (Å²) in [7, 11) is 0. The van der Waals surface area contributed by atoms with Crippen LogP contribution in [0.15, 0.2) is 85.1 Å². The van der Waals surface area contributed by atoms with Crippen LogP contribution in [-0.4, -0.2) is 335 Å². The zero-order chi connectivity index (χ0) is 91.5. The zero-order valence-corrected chi connectivity index (χ0v) is 73.1. The minimum absolute atomic E-state index is 0.0137. The van der Waals surface area contributed by atoms with Crippen LogP contribution >= 0.6 is 34.8 Å². The third kappa shape index (κ3) is 47.8. The maximum Gasteiger partial charge on any atom is 0.354 e. The average molecular weight is 1910 g/mol. The molecule has 0 aliphatic rings. The van der Waals surface area contributed by atoms with Crippen molar-refractivity contribution in [2.75, 3.05) is 175 Å². The number of carboxylic acids is 6. The highest BCUT2D eigenvalue weighted by atomic mass is 127. The number of aromatic nitrogens is 5. The number of carbonyl (C=O) groups is 11. The minimum Gasteiger partial charge on any atom is -0.481 e. The van der Waals surface area contributed by atoms with E-state index in [1.807, 2.05) is 34.1 Å². The first-order valence-corrected chi connectivity index (χ1v) is 42.7. The summed E-state index contributed by atoms with van der Waals surface area (Å²) in [5, 5.41) is 109. The van der Waals surface area contributed by atoms with Crippen LogP contribution < -0.4 is 47.9 Å². The van der Waals surface area contributed by atoms with E-state index in [4.69, 9.17) is 55.2 Å². The average Bonchev–Trinajstić information content (AvgIpc) is 1.49. The number of ether oxygens (including phenoxy) is 8. The standard InChI is InChI=1S/C81H117IN16O27S/c82-58-18-16-56(17-19-58)49-71(102)83-23-4-2-13-65(75(108)109)91-73(105)63(12-1-6-25-85-81(126)89-61-51-62(87-68(52-61)78(114)115)54-97(27-32-100)29-35-120-39-38-119-34-28-96(26-31-99)53-60-11-8-15-64(86-60)74(106)107)90-70(101)22-33-118-37-41-122-43-45-124-47-48-125-46-44-123-42-40-121-36-30-98-55-69(94-95-98)57-9-7-10-59(50-57)88-79(116)84-24-5-3-14-66(76(110)111)92-80(117)93-67(77(112)113)20-21-72(103)104/h7-11,15-19,50-52,55,63,65-67,99-100H,1-6,12-14,20-49,53-54H2,(H,83,102)(H,90,101)(H,91,105)(H,103,104)(H,106,107)(H,108,109)(H,110,111)(H,112,113)(H,114,115)(H2,84,88,116)(H2,92,93,117)(H2,85,87,89,126)/t63-,65-,66-,67-/m0/s1. The highest BCUT2D eigenvalue weighted by Crippen LogP contribution is 2.22. The Labute approximate surface area is 747 Å². The van der Waals surface area contributed by atoms with Crippen LogP contribution in [0.2, 0.25) is 0 Å². The highest BCUT2D eigenvalue weighted by molar-refractivity contribution is 14.1. The Morgan fingerprint density at radius 3 is 1.51 bits per heavy atom. The van der Waals surface area contributed by atoms with Crippen molar-refractivity contribution in [3.8, 4) is 11.3 Å². The fourth-order valence-corrected chi connectivity index (χ4v) is 12.4. The van der Waals surface area contributed by atoms with Crippen molar-refractivity contribution in [2.45, 2.75) is 127 Å². The Morgan fingerprint density at radius 2 is 0.952 bits per heavy atom. The number of unbranched alkanes of at least 4 members (excludes halogenated alkanes) is 3. The number of hydrogen-bond donors (Lipinski definition) is 17. The smallest absolute Gasteiger partial charge is 0.354 e. The second-order valence-electron chi connectivity index (χ2n) is 28.2. The molecule has 7 amide bonds. The summed E-state index contributed by atoms with van der Waals surface area (Å²) in [4.78, 5) is 147. The first-order valence-electron chi connectivity index (χ1n) is 41.2. The summed E-state index contributed by atoms with van der Waals surface area (Å²) in [6.07, 6.45) is 3.19. The van der Waals surface area contributed by atoms with Crippen LogP contribution in [0.25, 0.3) is 11.3 Å². The molecule has 0 radical (unpaired) electrons. The monoisotopic (exact) mass is 1900 g/mol. The number of pyridine rings is 2. The van der Waals surface area contributed by atoms with Crippen LogP contribution in [0.5, 0.6) is 0 Å². The van der Waals surface area contributed by atoms with Crippen LogP contribution in [0.4, 0.5) is 21.0 Å². The van der Waals surface area contributed by atoms with Gasteiger partial charge in [-0.1, -0.05) is 35.5 Å². The molecule has 3 heterocycles.